The largest absolute Gasteiger partial charge is 0.361 e. The van der Waals surface area contributed by atoms with Gasteiger partial charge in [0, 0.05) is 45.9 Å². The van der Waals surface area contributed by atoms with Crippen LogP contribution < -0.4 is 10.6 Å². The van der Waals surface area contributed by atoms with Gasteiger partial charge in [-0.2, -0.15) is 0 Å². The molecule has 0 saturated heterocycles. The van der Waals surface area contributed by atoms with E-state index in [4.69, 9.17) is 0 Å². The molecule has 0 atom stereocenters. The van der Waals surface area contributed by atoms with Crippen LogP contribution >= 0.6 is 0 Å². The summed E-state index contributed by atoms with van der Waals surface area (Å²) in [6.45, 7) is 0. The number of hydrogen-bond donors (Lipinski definition) is 3. The van der Waals surface area contributed by atoms with E-state index in [1.165, 1.54) is 38.5 Å². The topological polar surface area (TPSA) is 74.0 Å². The van der Waals surface area contributed by atoms with Crippen LogP contribution in [0.1, 0.15) is 64.2 Å². The minimum absolute atomic E-state index is 0.136. The Morgan fingerprint density at radius 2 is 1.38 bits per heavy atom. The molecule has 2 amide bonds. The quantitative estimate of drug-likeness (QED) is 0.346. The van der Waals surface area contributed by atoms with Gasteiger partial charge < -0.3 is 15.6 Å². The van der Waals surface area contributed by atoms with Gasteiger partial charge in [0.25, 0.3) is 0 Å². The highest BCUT2D eigenvalue weighted by atomic mass is 16.2. The predicted octanol–water partition coefficient (Wildman–Crippen LogP) is 7.36. The van der Waals surface area contributed by atoms with Gasteiger partial charge in [0.1, 0.15) is 0 Å². The van der Waals surface area contributed by atoms with Gasteiger partial charge in [0.05, 0.1) is 0 Å². The van der Waals surface area contributed by atoms with Crippen LogP contribution in [-0.2, 0) is 9.59 Å². The van der Waals surface area contributed by atoms with Crippen molar-refractivity contribution in [3.8, 4) is 11.1 Å². The summed E-state index contributed by atoms with van der Waals surface area (Å²) < 4.78 is 0. The van der Waals surface area contributed by atoms with E-state index in [-0.39, 0.29) is 23.7 Å². The monoisotopic (exact) mass is 495 g/mol. The molecule has 5 aliphatic carbocycles. The average Bonchev–Trinajstić information content (AvgIpc) is 3.32. The molecule has 5 nitrogen and oxygen atoms in total. The van der Waals surface area contributed by atoms with E-state index >= 15 is 0 Å². The summed E-state index contributed by atoms with van der Waals surface area (Å²) in [5.41, 5.74) is 4.97. The van der Waals surface area contributed by atoms with Crippen LogP contribution in [-0.4, -0.2) is 16.8 Å². The van der Waals surface area contributed by atoms with Crippen molar-refractivity contribution in [3.05, 3.63) is 48.7 Å². The molecule has 37 heavy (non-hydrogen) atoms. The Morgan fingerprint density at radius 3 is 2.08 bits per heavy atom. The SMILES string of the molecule is O=C(Nc1ccc2[nH]cc(-c3ccc(NC(=O)C4C5C[C@H]6C[C@@H](C5)C[C@@H]4C6)cc3)c2c1)C1CCCCC1. The van der Waals surface area contributed by atoms with Gasteiger partial charge in [0.2, 0.25) is 11.8 Å². The van der Waals surface area contributed by atoms with Crippen LogP contribution in [0.25, 0.3) is 22.0 Å². The zero-order valence-corrected chi connectivity index (χ0v) is 21.5. The Hall–Kier alpha value is -3.08. The Morgan fingerprint density at radius 1 is 0.730 bits per heavy atom. The van der Waals surface area contributed by atoms with Crippen molar-refractivity contribution in [2.45, 2.75) is 64.2 Å². The third-order valence-electron chi connectivity index (χ3n) is 9.92. The molecule has 0 spiro atoms. The van der Waals surface area contributed by atoms with Gasteiger partial charge in [-0.05, 0) is 105 Å². The minimum atomic E-state index is 0.136. The van der Waals surface area contributed by atoms with Crippen LogP contribution in [0, 0.1) is 35.5 Å². The number of benzene rings is 2. The van der Waals surface area contributed by atoms with Crippen LogP contribution in [0.4, 0.5) is 11.4 Å². The van der Waals surface area contributed by atoms with E-state index in [1.54, 1.807) is 0 Å². The number of aromatic amines is 1. The van der Waals surface area contributed by atoms with Crippen molar-refractivity contribution in [1.82, 2.24) is 4.98 Å². The van der Waals surface area contributed by atoms with E-state index in [0.717, 1.165) is 70.9 Å². The summed E-state index contributed by atoms with van der Waals surface area (Å²) in [7, 11) is 0. The van der Waals surface area contributed by atoms with E-state index in [9.17, 15) is 9.59 Å². The number of hydrogen-bond acceptors (Lipinski definition) is 2. The summed E-state index contributed by atoms with van der Waals surface area (Å²) >= 11 is 0. The van der Waals surface area contributed by atoms with Crippen molar-refractivity contribution in [3.63, 3.8) is 0 Å². The maximum Gasteiger partial charge on any atom is 0.228 e. The molecule has 0 aliphatic heterocycles. The number of amides is 2. The highest BCUT2D eigenvalue weighted by Crippen LogP contribution is 2.56. The number of H-pyrrole nitrogens is 1. The summed E-state index contributed by atoms with van der Waals surface area (Å²) in [4.78, 5) is 29.4. The van der Waals surface area contributed by atoms with Gasteiger partial charge in [-0.1, -0.05) is 31.4 Å². The molecule has 4 bridgehead atoms. The Labute approximate surface area is 218 Å². The molecule has 3 N–H and O–H groups in total. The number of aromatic nitrogens is 1. The van der Waals surface area contributed by atoms with Crippen molar-refractivity contribution in [2.24, 2.45) is 35.5 Å². The Bertz CT molecular complexity index is 1290. The number of rotatable bonds is 5. The summed E-state index contributed by atoms with van der Waals surface area (Å²) in [6.07, 6.45) is 14.0. The van der Waals surface area contributed by atoms with E-state index in [2.05, 4.69) is 33.8 Å². The van der Waals surface area contributed by atoms with Crippen molar-refractivity contribution in [1.29, 1.82) is 0 Å². The average molecular weight is 496 g/mol. The molecule has 1 aromatic heterocycles. The second-order valence-electron chi connectivity index (χ2n) is 12.3. The summed E-state index contributed by atoms with van der Waals surface area (Å²) in [5.74, 6) is 3.65. The first-order chi connectivity index (χ1) is 18.1. The third-order valence-corrected chi connectivity index (χ3v) is 9.92. The first kappa shape index (κ1) is 23.1. The van der Waals surface area contributed by atoms with E-state index in [1.807, 2.05) is 30.5 Å². The molecule has 5 saturated carbocycles. The molecule has 8 rings (SSSR count). The summed E-state index contributed by atoms with van der Waals surface area (Å²) in [6, 6.07) is 14.3. The smallest absolute Gasteiger partial charge is 0.228 e. The lowest BCUT2D eigenvalue weighted by Crippen LogP contribution is -2.49. The fourth-order valence-corrected chi connectivity index (χ4v) is 8.36. The van der Waals surface area contributed by atoms with Crippen molar-refractivity contribution >= 4 is 34.1 Å². The predicted molar refractivity (Wildman–Crippen MR) is 148 cm³/mol. The number of nitrogens with one attached hydrogen (secondary N) is 3. The molecule has 5 heteroatoms. The zero-order valence-electron chi connectivity index (χ0n) is 21.5. The van der Waals surface area contributed by atoms with Crippen LogP contribution in [0.5, 0.6) is 0 Å². The first-order valence-electron chi connectivity index (χ1n) is 14.4. The van der Waals surface area contributed by atoms with Crippen molar-refractivity contribution < 1.29 is 9.59 Å². The molecule has 0 radical (unpaired) electrons. The molecule has 5 aliphatic rings. The van der Waals surface area contributed by atoms with Gasteiger partial charge in [-0.15, -0.1) is 0 Å². The molecule has 1 heterocycles. The molecule has 0 unspecified atom stereocenters. The van der Waals surface area contributed by atoms with Crippen LogP contribution in [0.2, 0.25) is 0 Å². The zero-order chi connectivity index (χ0) is 24.9. The Kier molecular flexibility index (Phi) is 5.82. The lowest BCUT2D eigenvalue weighted by Gasteiger charge is -2.53. The number of carbonyl (C=O) groups excluding carboxylic acids is 2. The molecule has 5 fully saturated rings. The van der Waals surface area contributed by atoms with Gasteiger partial charge in [0.15, 0.2) is 0 Å². The third kappa shape index (κ3) is 4.36. The maximum atomic E-state index is 13.3. The molecular formula is C32H37N3O2. The molecule has 2 aromatic carbocycles. The van der Waals surface area contributed by atoms with Crippen molar-refractivity contribution in [2.75, 3.05) is 10.6 Å². The maximum absolute atomic E-state index is 13.3. The molecular weight excluding hydrogens is 458 g/mol. The van der Waals surface area contributed by atoms with E-state index in [0.29, 0.717) is 11.8 Å². The van der Waals surface area contributed by atoms with Gasteiger partial charge in [-0.25, -0.2) is 0 Å². The molecule has 3 aromatic rings. The fourth-order valence-electron chi connectivity index (χ4n) is 8.36. The first-order valence-corrected chi connectivity index (χ1v) is 14.4. The van der Waals surface area contributed by atoms with Crippen LogP contribution in [0.15, 0.2) is 48.7 Å². The Balaban J connectivity index is 1.06. The standard InChI is InChI=1S/C32H37N3O2/c36-31(22-4-2-1-3-5-22)35-26-10-11-29-27(17-26)28(18-33-29)21-6-8-25(9-7-21)34-32(37)30-23-13-19-12-20(15-23)16-24(30)14-19/h6-11,17-20,22-24,30,33H,1-5,12-16H2,(H,34,37)(H,35,36)/t19-,20+,23-,24?,30?. The molecule has 192 valence electrons. The number of anilines is 2. The van der Waals surface area contributed by atoms with Gasteiger partial charge >= 0.3 is 0 Å². The minimum Gasteiger partial charge on any atom is -0.361 e. The fraction of sp³-hybridized carbons (Fsp3) is 0.500. The normalized spacial score (nSPS) is 28.9. The lowest BCUT2D eigenvalue weighted by atomic mass is 9.51. The van der Waals surface area contributed by atoms with E-state index < -0.39 is 0 Å². The second-order valence-corrected chi connectivity index (χ2v) is 12.3. The number of fused-ring (bicyclic) bond motifs is 1. The lowest BCUT2D eigenvalue weighted by molar-refractivity contribution is -0.132. The highest BCUT2D eigenvalue weighted by Gasteiger charge is 2.50. The second kappa shape index (κ2) is 9.34. The van der Waals surface area contributed by atoms with Crippen LogP contribution in [0.3, 0.4) is 0 Å². The highest BCUT2D eigenvalue weighted by molar-refractivity contribution is 6.01. The summed E-state index contributed by atoms with van der Waals surface area (Å²) in [5, 5.41) is 7.49. The van der Waals surface area contributed by atoms with Gasteiger partial charge in [-0.3, -0.25) is 9.59 Å². The number of carbonyl (C=O) groups is 2.